The first-order chi connectivity index (χ1) is 12.6. The van der Waals surface area contributed by atoms with Crippen LogP contribution in [0.15, 0.2) is 41.1 Å². The summed E-state index contributed by atoms with van der Waals surface area (Å²) in [5.74, 6) is 0.807. The number of likely N-dealkylation sites (tertiary alicyclic amines) is 1. The molecule has 2 atom stereocenters. The van der Waals surface area contributed by atoms with Gasteiger partial charge in [0.05, 0.1) is 6.10 Å². The van der Waals surface area contributed by atoms with Crippen molar-refractivity contribution in [2.45, 2.75) is 73.3 Å². The molecular weight excluding hydrogens is 320 g/mol. The van der Waals surface area contributed by atoms with Gasteiger partial charge in [-0.1, -0.05) is 64.5 Å². The number of aliphatic hydroxyl groups excluding tert-OH is 1. The van der Waals surface area contributed by atoms with Gasteiger partial charge >= 0.3 is 0 Å². The molecule has 150 valence electrons. The van der Waals surface area contributed by atoms with E-state index in [1.54, 1.807) is 11.8 Å². The van der Waals surface area contributed by atoms with Crippen LogP contribution in [0, 0.1) is 11.8 Å². The number of hydrogen-bond donors (Lipinski definition) is 1. The number of allylic oxidation sites excluding steroid dienone is 4. The summed E-state index contributed by atoms with van der Waals surface area (Å²) >= 11 is 0. The standard InChI is InChI=1S/C15H25NO.C6H11N.C2H6/c1-12-9-16(10-13(2)15(12)17)11-14-7-5-3-4-6-8-14;1-3-5-7-6-4-2;1-2/h3,5,7,12-13,15,17H,4,6,8-11H2,1-2H3;3,5-6H,4H2,1-2H3;1-2H3/b;5-3-,7-6?;. The SMILES string of the molecule is C/C=C\N=CCC.CC.CC1CN(CC2=CC=CCCC2)CC(C)C1O. The third-order valence-electron chi connectivity index (χ3n) is 4.54. The highest BCUT2D eigenvalue weighted by Gasteiger charge is 2.30. The molecule has 0 aromatic heterocycles. The Labute approximate surface area is 162 Å². The van der Waals surface area contributed by atoms with Crippen LogP contribution in [-0.4, -0.2) is 42.0 Å². The maximum atomic E-state index is 9.96. The number of rotatable bonds is 4. The molecule has 2 unspecified atom stereocenters. The zero-order valence-corrected chi connectivity index (χ0v) is 18.0. The molecule has 1 aliphatic heterocycles. The van der Waals surface area contributed by atoms with Gasteiger partial charge in [-0.3, -0.25) is 9.89 Å². The van der Waals surface area contributed by atoms with E-state index in [4.69, 9.17) is 0 Å². The predicted octanol–water partition coefficient (Wildman–Crippen LogP) is 5.63. The summed E-state index contributed by atoms with van der Waals surface area (Å²) in [5.41, 5.74) is 1.55. The fraction of sp³-hybridized carbons (Fsp3) is 0.696. The molecule has 0 bridgehead atoms. The van der Waals surface area contributed by atoms with E-state index in [9.17, 15) is 5.11 Å². The Hall–Kier alpha value is -1.19. The van der Waals surface area contributed by atoms with Crippen molar-refractivity contribution in [1.29, 1.82) is 0 Å². The van der Waals surface area contributed by atoms with Crippen LogP contribution in [0.5, 0.6) is 0 Å². The van der Waals surface area contributed by atoms with Gasteiger partial charge in [0.25, 0.3) is 0 Å². The summed E-state index contributed by atoms with van der Waals surface area (Å²) in [5, 5.41) is 9.96. The van der Waals surface area contributed by atoms with Gasteiger partial charge in [0.1, 0.15) is 0 Å². The first kappa shape index (κ1) is 24.8. The van der Waals surface area contributed by atoms with Gasteiger partial charge in [-0.05, 0) is 44.4 Å². The van der Waals surface area contributed by atoms with E-state index in [1.807, 2.05) is 33.1 Å². The highest BCUT2D eigenvalue weighted by atomic mass is 16.3. The molecule has 0 aromatic carbocycles. The van der Waals surface area contributed by atoms with Gasteiger partial charge in [0.2, 0.25) is 0 Å². The lowest BCUT2D eigenvalue weighted by molar-refractivity contribution is -0.00495. The highest BCUT2D eigenvalue weighted by Crippen LogP contribution is 2.23. The smallest absolute Gasteiger partial charge is 0.0615 e. The summed E-state index contributed by atoms with van der Waals surface area (Å²) in [4.78, 5) is 6.41. The Morgan fingerprint density at radius 2 is 1.88 bits per heavy atom. The average molecular weight is 363 g/mol. The van der Waals surface area contributed by atoms with E-state index >= 15 is 0 Å². The number of aliphatic imine (C=N–C) groups is 1. The molecule has 0 radical (unpaired) electrons. The molecule has 3 nitrogen and oxygen atoms in total. The molecule has 2 rings (SSSR count). The van der Waals surface area contributed by atoms with Crippen molar-refractivity contribution >= 4 is 6.21 Å². The molecule has 0 aromatic rings. The van der Waals surface area contributed by atoms with Gasteiger partial charge in [0.15, 0.2) is 0 Å². The molecule has 0 amide bonds. The monoisotopic (exact) mass is 362 g/mol. The van der Waals surface area contributed by atoms with Gasteiger partial charge in [-0.2, -0.15) is 0 Å². The molecule has 1 fully saturated rings. The summed E-state index contributed by atoms with van der Waals surface area (Å²) in [6.07, 6.45) is 16.9. The summed E-state index contributed by atoms with van der Waals surface area (Å²) in [6.45, 7) is 15.5. The van der Waals surface area contributed by atoms with Crippen LogP contribution < -0.4 is 0 Å². The number of hydrogen-bond acceptors (Lipinski definition) is 3. The van der Waals surface area contributed by atoms with Crippen LogP contribution in [0.2, 0.25) is 0 Å². The second kappa shape index (κ2) is 16.0. The van der Waals surface area contributed by atoms with Gasteiger partial charge in [-0.15, -0.1) is 0 Å². The number of piperidine rings is 1. The van der Waals surface area contributed by atoms with Crippen LogP contribution in [-0.2, 0) is 0 Å². The molecule has 1 saturated heterocycles. The van der Waals surface area contributed by atoms with E-state index < -0.39 is 0 Å². The Morgan fingerprint density at radius 3 is 2.46 bits per heavy atom. The first-order valence-electron chi connectivity index (χ1n) is 10.5. The lowest BCUT2D eigenvalue weighted by Gasteiger charge is -2.39. The van der Waals surface area contributed by atoms with E-state index in [0.717, 1.165) is 26.1 Å². The largest absolute Gasteiger partial charge is 0.392 e. The van der Waals surface area contributed by atoms with Crippen molar-refractivity contribution in [3.8, 4) is 0 Å². The van der Waals surface area contributed by atoms with Crippen molar-refractivity contribution in [1.82, 2.24) is 4.90 Å². The second-order valence-electron chi connectivity index (χ2n) is 7.01. The van der Waals surface area contributed by atoms with Crippen molar-refractivity contribution in [3.05, 3.63) is 36.1 Å². The fourth-order valence-corrected chi connectivity index (χ4v) is 3.30. The highest BCUT2D eigenvalue weighted by molar-refractivity contribution is 5.57. The topological polar surface area (TPSA) is 35.8 Å². The number of aliphatic hydroxyl groups is 1. The van der Waals surface area contributed by atoms with Crippen LogP contribution in [0.25, 0.3) is 0 Å². The molecule has 2 aliphatic rings. The molecule has 1 heterocycles. The average Bonchev–Trinajstić information content (AvgIpc) is 2.91. The van der Waals surface area contributed by atoms with E-state index in [2.05, 4.69) is 48.9 Å². The van der Waals surface area contributed by atoms with E-state index in [-0.39, 0.29) is 6.10 Å². The van der Waals surface area contributed by atoms with Gasteiger partial charge < -0.3 is 5.11 Å². The lowest BCUT2D eigenvalue weighted by atomic mass is 9.88. The Balaban J connectivity index is 0.000000589. The zero-order chi connectivity index (χ0) is 19.8. The number of nitrogens with zero attached hydrogens (tertiary/aromatic N) is 2. The van der Waals surface area contributed by atoms with Crippen LogP contribution in [0.3, 0.4) is 0 Å². The van der Waals surface area contributed by atoms with E-state index in [1.165, 1.54) is 19.3 Å². The summed E-state index contributed by atoms with van der Waals surface area (Å²) < 4.78 is 0. The summed E-state index contributed by atoms with van der Waals surface area (Å²) in [7, 11) is 0. The van der Waals surface area contributed by atoms with Gasteiger partial charge in [-0.25, -0.2) is 0 Å². The van der Waals surface area contributed by atoms with Crippen LogP contribution in [0.1, 0.15) is 67.2 Å². The quantitative estimate of drug-likeness (QED) is 0.658. The Kier molecular flexibility index (Phi) is 15.3. The van der Waals surface area contributed by atoms with Crippen molar-refractivity contribution in [2.24, 2.45) is 16.8 Å². The molecular formula is C23H42N2O. The van der Waals surface area contributed by atoms with Crippen molar-refractivity contribution in [2.75, 3.05) is 19.6 Å². The maximum Gasteiger partial charge on any atom is 0.0615 e. The van der Waals surface area contributed by atoms with Crippen molar-refractivity contribution in [3.63, 3.8) is 0 Å². The van der Waals surface area contributed by atoms with Crippen LogP contribution >= 0.6 is 0 Å². The first-order valence-corrected chi connectivity index (χ1v) is 10.5. The second-order valence-corrected chi connectivity index (χ2v) is 7.01. The third kappa shape index (κ3) is 10.7. The minimum Gasteiger partial charge on any atom is -0.392 e. The maximum absolute atomic E-state index is 9.96. The summed E-state index contributed by atoms with van der Waals surface area (Å²) in [6, 6.07) is 0. The normalized spacial score (nSPS) is 26.6. The predicted molar refractivity (Wildman–Crippen MR) is 117 cm³/mol. The van der Waals surface area contributed by atoms with E-state index in [0.29, 0.717) is 11.8 Å². The Morgan fingerprint density at radius 1 is 1.23 bits per heavy atom. The van der Waals surface area contributed by atoms with Crippen LogP contribution in [0.4, 0.5) is 0 Å². The fourth-order valence-electron chi connectivity index (χ4n) is 3.30. The van der Waals surface area contributed by atoms with Crippen molar-refractivity contribution < 1.29 is 5.11 Å². The van der Waals surface area contributed by atoms with Gasteiger partial charge in [0, 0.05) is 32.0 Å². The minimum absolute atomic E-state index is 0.116. The lowest BCUT2D eigenvalue weighted by Crippen LogP contribution is -2.47. The molecule has 3 heteroatoms. The molecule has 1 N–H and O–H groups in total. The third-order valence-corrected chi connectivity index (χ3v) is 4.54. The zero-order valence-electron chi connectivity index (χ0n) is 18.0. The molecule has 1 aliphatic carbocycles. The molecule has 0 saturated carbocycles. The molecule has 0 spiro atoms. The Bertz CT molecular complexity index is 439. The molecule has 26 heavy (non-hydrogen) atoms. The minimum atomic E-state index is -0.116.